The Bertz CT molecular complexity index is 1090. The van der Waals surface area contributed by atoms with Crippen LogP contribution in [0, 0.1) is 6.92 Å². The minimum Gasteiger partial charge on any atom is -0.390 e. The minimum atomic E-state index is -0.483. The van der Waals surface area contributed by atoms with Crippen molar-refractivity contribution in [1.29, 1.82) is 0 Å². The number of anilines is 1. The Morgan fingerprint density at radius 1 is 1.17 bits per heavy atom. The van der Waals surface area contributed by atoms with Crippen molar-refractivity contribution in [2.45, 2.75) is 75.7 Å². The van der Waals surface area contributed by atoms with Gasteiger partial charge in [-0.3, -0.25) is 0 Å². The van der Waals surface area contributed by atoms with Crippen LogP contribution in [0.2, 0.25) is 0 Å². The molecule has 30 heavy (non-hydrogen) atoms. The van der Waals surface area contributed by atoms with Crippen molar-refractivity contribution in [3.05, 3.63) is 30.1 Å². The Morgan fingerprint density at radius 2 is 2.03 bits per heavy atom. The number of hydrogen-bond donors (Lipinski definition) is 2. The van der Waals surface area contributed by atoms with E-state index in [1.165, 1.54) is 6.42 Å². The molecule has 8 nitrogen and oxygen atoms in total. The van der Waals surface area contributed by atoms with Crippen LogP contribution in [0.25, 0.3) is 17.0 Å². The molecule has 4 heterocycles. The van der Waals surface area contributed by atoms with Crippen molar-refractivity contribution in [2.24, 2.45) is 0 Å². The Hall–Kier alpha value is -2.45. The van der Waals surface area contributed by atoms with E-state index in [1.807, 2.05) is 27.5 Å². The fourth-order valence-corrected chi connectivity index (χ4v) is 5.55. The molecule has 1 atom stereocenters. The van der Waals surface area contributed by atoms with Gasteiger partial charge in [0.15, 0.2) is 5.65 Å². The number of aryl methyl sites for hydroxylation is 1. The summed E-state index contributed by atoms with van der Waals surface area (Å²) in [6, 6.07) is 6.05. The topological polar surface area (TPSA) is 89.5 Å². The van der Waals surface area contributed by atoms with E-state index < -0.39 is 5.60 Å². The summed E-state index contributed by atoms with van der Waals surface area (Å²) in [6.07, 6.45) is 9.67. The summed E-state index contributed by atoms with van der Waals surface area (Å²) in [4.78, 5) is 4.53. The molecule has 2 saturated carbocycles. The van der Waals surface area contributed by atoms with Crippen LogP contribution in [0.3, 0.4) is 0 Å². The van der Waals surface area contributed by atoms with Crippen LogP contribution < -0.4 is 5.32 Å². The van der Waals surface area contributed by atoms with Gasteiger partial charge in [0, 0.05) is 17.8 Å². The number of hydrogen-bond acceptors (Lipinski definition) is 6. The van der Waals surface area contributed by atoms with E-state index in [0.717, 1.165) is 80.1 Å². The van der Waals surface area contributed by atoms with E-state index in [1.54, 1.807) is 0 Å². The smallest absolute Gasteiger partial charge is 0.154 e. The highest BCUT2D eigenvalue weighted by Gasteiger charge is 2.53. The van der Waals surface area contributed by atoms with Crippen molar-refractivity contribution < 1.29 is 9.84 Å². The highest BCUT2D eigenvalue weighted by Crippen LogP contribution is 2.51. The molecule has 0 amide bonds. The van der Waals surface area contributed by atoms with Gasteiger partial charge in [0.1, 0.15) is 23.4 Å². The molecule has 3 aromatic rings. The van der Waals surface area contributed by atoms with E-state index in [0.29, 0.717) is 0 Å². The molecule has 3 aromatic heterocycles. The summed E-state index contributed by atoms with van der Waals surface area (Å²) < 4.78 is 9.78. The number of aliphatic hydroxyl groups is 1. The first-order chi connectivity index (χ1) is 14.5. The van der Waals surface area contributed by atoms with E-state index in [4.69, 9.17) is 14.9 Å². The lowest BCUT2D eigenvalue weighted by Gasteiger charge is -2.28. The Balaban J connectivity index is 1.32. The molecule has 1 aliphatic heterocycles. The average Bonchev–Trinajstić information content (AvgIpc) is 3.49. The summed E-state index contributed by atoms with van der Waals surface area (Å²) in [5.41, 5.74) is 3.08. The average molecular weight is 409 g/mol. The molecule has 158 valence electrons. The van der Waals surface area contributed by atoms with Gasteiger partial charge in [-0.15, -0.1) is 5.10 Å². The number of fused-ring (bicyclic) bond motifs is 3. The van der Waals surface area contributed by atoms with Gasteiger partial charge in [0.2, 0.25) is 0 Å². The predicted octanol–water partition coefficient (Wildman–Crippen LogP) is 3.46. The maximum Gasteiger partial charge on any atom is 0.154 e. The summed E-state index contributed by atoms with van der Waals surface area (Å²) >= 11 is 0. The largest absolute Gasteiger partial charge is 0.390 e. The molecule has 0 aromatic carbocycles. The highest BCUT2D eigenvalue weighted by atomic mass is 16.5. The van der Waals surface area contributed by atoms with Gasteiger partial charge in [-0.2, -0.15) is 5.10 Å². The van der Waals surface area contributed by atoms with E-state index >= 15 is 0 Å². The first-order valence-electron chi connectivity index (χ1n) is 11.1. The summed E-state index contributed by atoms with van der Waals surface area (Å²) in [7, 11) is 0. The van der Waals surface area contributed by atoms with Gasteiger partial charge in [-0.1, -0.05) is 0 Å². The maximum absolute atomic E-state index is 10.6. The van der Waals surface area contributed by atoms with E-state index in [2.05, 4.69) is 23.3 Å². The zero-order valence-corrected chi connectivity index (χ0v) is 17.3. The molecule has 8 heteroatoms. The molecule has 2 aliphatic carbocycles. The van der Waals surface area contributed by atoms with Gasteiger partial charge < -0.3 is 15.2 Å². The SMILES string of the molecule is Cc1cc(-c2cnc3ccc(NC45CCC(O)(CC4)C5)nn23)nn1C1CCCCO1. The number of nitrogens with zero attached hydrogens (tertiary/aromatic N) is 5. The third-order valence-corrected chi connectivity index (χ3v) is 7.17. The van der Waals surface area contributed by atoms with Crippen LogP contribution in [-0.4, -0.2) is 47.2 Å². The number of ether oxygens (including phenoxy) is 1. The molecular formula is C22H28N6O2. The van der Waals surface area contributed by atoms with Crippen molar-refractivity contribution in [1.82, 2.24) is 24.4 Å². The first-order valence-corrected chi connectivity index (χ1v) is 11.1. The fraction of sp³-hybridized carbons (Fsp3) is 0.591. The monoisotopic (exact) mass is 408 g/mol. The lowest BCUT2D eigenvalue weighted by molar-refractivity contribution is -0.0405. The predicted molar refractivity (Wildman–Crippen MR) is 112 cm³/mol. The number of aromatic nitrogens is 5. The Kier molecular flexibility index (Phi) is 3.98. The second-order valence-corrected chi connectivity index (χ2v) is 9.38. The first kappa shape index (κ1) is 18.3. The summed E-state index contributed by atoms with van der Waals surface area (Å²) in [5, 5.41) is 23.9. The lowest BCUT2D eigenvalue weighted by Crippen LogP contribution is -2.33. The van der Waals surface area contributed by atoms with Crippen LogP contribution in [-0.2, 0) is 4.74 Å². The number of nitrogens with one attached hydrogen (secondary N) is 1. The Labute approximate surface area is 175 Å². The highest BCUT2D eigenvalue weighted by molar-refractivity contribution is 5.60. The van der Waals surface area contributed by atoms with Crippen LogP contribution in [0.15, 0.2) is 24.4 Å². The molecule has 2 bridgehead atoms. The number of rotatable bonds is 4. The zero-order valence-electron chi connectivity index (χ0n) is 17.3. The fourth-order valence-electron chi connectivity index (χ4n) is 5.55. The Morgan fingerprint density at radius 3 is 2.77 bits per heavy atom. The number of imidazole rings is 1. The molecular weight excluding hydrogens is 380 g/mol. The zero-order chi connectivity index (χ0) is 20.3. The molecule has 2 N–H and O–H groups in total. The van der Waals surface area contributed by atoms with Crippen LogP contribution >= 0.6 is 0 Å². The van der Waals surface area contributed by atoms with Gasteiger partial charge in [0.25, 0.3) is 0 Å². The van der Waals surface area contributed by atoms with Crippen molar-refractivity contribution in [3.63, 3.8) is 0 Å². The quantitative estimate of drug-likeness (QED) is 0.687. The molecule has 1 saturated heterocycles. The summed E-state index contributed by atoms with van der Waals surface area (Å²) in [6.45, 7) is 2.86. The molecule has 3 aliphatic rings. The van der Waals surface area contributed by atoms with Crippen LogP contribution in [0.5, 0.6) is 0 Å². The standard InChI is InChI=1S/C22H28N6O2/c1-15-12-16(25-27(15)20-4-2-3-11-30-20)17-13-23-19-6-5-18(26-28(17)19)24-21-7-9-22(29,14-21)10-8-21/h5-6,12-13,20,29H,2-4,7-11,14H2,1H3,(H,24,26). The lowest BCUT2D eigenvalue weighted by atomic mass is 9.93. The van der Waals surface area contributed by atoms with E-state index in [9.17, 15) is 5.11 Å². The van der Waals surface area contributed by atoms with Crippen molar-refractivity contribution >= 4 is 11.5 Å². The van der Waals surface area contributed by atoms with Crippen LogP contribution in [0.4, 0.5) is 5.82 Å². The van der Waals surface area contributed by atoms with Crippen LogP contribution in [0.1, 0.15) is 63.3 Å². The van der Waals surface area contributed by atoms with Gasteiger partial charge in [0.05, 0.1) is 11.8 Å². The molecule has 3 fully saturated rings. The molecule has 0 radical (unpaired) electrons. The third-order valence-electron chi connectivity index (χ3n) is 7.17. The van der Waals surface area contributed by atoms with Crippen molar-refractivity contribution in [3.8, 4) is 11.4 Å². The third kappa shape index (κ3) is 2.93. The molecule has 1 unspecified atom stereocenters. The molecule has 0 spiro atoms. The maximum atomic E-state index is 10.6. The van der Waals surface area contributed by atoms with E-state index in [-0.39, 0.29) is 11.8 Å². The minimum absolute atomic E-state index is 0.0134. The van der Waals surface area contributed by atoms with Gasteiger partial charge in [-0.25, -0.2) is 14.2 Å². The van der Waals surface area contributed by atoms with Gasteiger partial charge in [-0.05, 0) is 76.5 Å². The molecule has 6 rings (SSSR count). The van der Waals surface area contributed by atoms with Crippen molar-refractivity contribution in [2.75, 3.05) is 11.9 Å². The second kappa shape index (κ2) is 6.52. The second-order valence-electron chi connectivity index (χ2n) is 9.38. The summed E-state index contributed by atoms with van der Waals surface area (Å²) in [5.74, 6) is 0.819. The van der Waals surface area contributed by atoms with Gasteiger partial charge >= 0.3 is 0 Å². The normalized spacial score (nSPS) is 30.9.